The molecule has 0 radical (unpaired) electrons. The molecule has 1 aromatic carbocycles. The minimum Gasteiger partial charge on any atom is -0.336 e. The molecule has 3 nitrogen and oxygen atoms in total. The van der Waals surface area contributed by atoms with E-state index in [1.165, 1.54) is 5.56 Å². The molecule has 3 rings (SSSR count). The third-order valence-corrected chi connectivity index (χ3v) is 4.72. The quantitative estimate of drug-likeness (QED) is 0.833. The van der Waals surface area contributed by atoms with Gasteiger partial charge < -0.3 is 4.90 Å². The average Bonchev–Trinajstić information content (AvgIpc) is 2.93. The molecular weight excluding hydrogens is 272 g/mol. The van der Waals surface area contributed by atoms with Gasteiger partial charge in [-0.1, -0.05) is 13.0 Å². The summed E-state index contributed by atoms with van der Waals surface area (Å²) in [7, 11) is 0. The summed E-state index contributed by atoms with van der Waals surface area (Å²) < 4.78 is 0. The normalized spacial score (nSPS) is 18.2. The first kappa shape index (κ1) is 15.0. The van der Waals surface area contributed by atoms with E-state index in [1.807, 2.05) is 13.0 Å². The number of nitrogens with zero attached hydrogens (tertiary/aromatic N) is 2. The third-order valence-electron chi connectivity index (χ3n) is 4.72. The van der Waals surface area contributed by atoms with E-state index in [2.05, 4.69) is 42.8 Å². The Bertz CT molecular complexity index is 731. The Morgan fingerprint density at radius 1 is 1.27 bits per heavy atom. The highest BCUT2D eigenvalue weighted by molar-refractivity contribution is 6.07. The Hall–Kier alpha value is -1.90. The summed E-state index contributed by atoms with van der Waals surface area (Å²) in [6.07, 6.45) is 3.28. The monoisotopic (exact) mass is 296 g/mol. The Morgan fingerprint density at radius 3 is 2.77 bits per heavy atom. The van der Waals surface area contributed by atoms with Crippen LogP contribution in [0.3, 0.4) is 0 Å². The van der Waals surface area contributed by atoms with Crippen LogP contribution in [-0.4, -0.2) is 28.4 Å². The highest BCUT2D eigenvalue weighted by atomic mass is 16.2. The highest BCUT2D eigenvalue weighted by Crippen LogP contribution is 2.28. The van der Waals surface area contributed by atoms with Crippen LogP contribution in [0.1, 0.15) is 53.4 Å². The predicted molar refractivity (Wildman–Crippen MR) is 90.3 cm³/mol. The number of rotatable bonds is 2. The summed E-state index contributed by atoms with van der Waals surface area (Å²) in [5, 5.41) is 1.02. The molecule has 0 bridgehead atoms. The number of pyridine rings is 1. The van der Waals surface area contributed by atoms with Gasteiger partial charge in [-0.2, -0.15) is 0 Å². The predicted octanol–water partition coefficient (Wildman–Crippen LogP) is 4.17. The van der Waals surface area contributed by atoms with Crippen molar-refractivity contribution in [3.8, 4) is 0 Å². The molecule has 0 aliphatic carbocycles. The molecule has 22 heavy (non-hydrogen) atoms. The lowest BCUT2D eigenvalue weighted by Crippen LogP contribution is -2.35. The highest BCUT2D eigenvalue weighted by Gasteiger charge is 2.29. The van der Waals surface area contributed by atoms with Crippen LogP contribution in [0.5, 0.6) is 0 Å². The van der Waals surface area contributed by atoms with Gasteiger partial charge in [0, 0.05) is 23.7 Å². The minimum absolute atomic E-state index is 0.173. The van der Waals surface area contributed by atoms with Crippen LogP contribution < -0.4 is 0 Å². The number of aryl methyl sites for hydroxylation is 3. The van der Waals surface area contributed by atoms with E-state index in [-0.39, 0.29) is 5.91 Å². The van der Waals surface area contributed by atoms with Crippen LogP contribution >= 0.6 is 0 Å². The van der Waals surface area contributed by atoms with Crippen LogP contribution in [0.25, 0.3) is 10.9 Å². The third kappa shape index (κ3) is 2.49. The molecule has 1 saturated heterocycles. The lowest BCUT2D eigenvalue weighted by atomic mass is 9.99. The number of fused-ring (bicyclic) bond motifs is 1. The van der Waals surface area contributed by atoms with E-state index < -0.39 is 0 Å². The van der Waals surface area contributed by atoms with Gasteiger partial charge in [0.05, 0.1) is 11.1 Å². The summed E-state index contributed by atoms with van der Waals surface area (Å²) in [6, 6.07) is 6.56. The van der Waals surface area contributed by atoms with Crippen molar-refractivity contribution < 1.29 is 4.79 Å². The summed E-state index contributed by atoms with van der Waals surface area (Å²) in [4.78, 5) is 19.8. The average molecular weight is 296 g/mol. The Labute approximate surface area is 132 Å². The largest absolute Gasteiger partial charge is 0.336 e. The van der Waals surface area contributed by atoms with Crippen molar-refractivity contribution in [3.63, 3.8) is 0 Å². The molecule has 1 amide bonds. The van der Waals surface area contributed by atoms with Gasteiger partial charge in [-0.3, -0.25) is 9.78 Å². The number of carbonyl (C=O) groups is 1. The Kier molecular flexibility index (Phi) is 3.90. The van der Waals surface area contributed by atoms with E-state index in [0.29, 0.717) is 6.04 Å². The molecule has 0 spiro atoms. The van der Waals surface area contributed by atoms with E-state index >= 15 is 0 Å². The summed E-state index contributed by atoms with van der Waals surface area (Å²) in [6.45, 7) is 9.16. The van der Waals surface area contributed by atoms with E-state index in [0.717, 1.165) is 53.5 Å². The van der Waals surface area contributed by atoms with Gasteiger partial charge in [0.2, 0.25) is 0 Å². The van der Waals surface area contributed by atoms with Crippen molar-refractivity contribution in [2.75, 3.05) is 6.54 Å². The molecule has 1 aliphatic heterocycles. The first-order chi connectivity index (χ1) is 10.5. The molecule has 1 aromatic heterocycles. The number of likely N-dealkylation sites (tertiary alicyclic amines) is 1. The van der Waals surface area contributed by atoms with Crippen LogP contribution in [0, 0.1) is 20.8 Å². The number of hydrogen-bond donors (Lipinski definition) is 0. The fourth-order valence-corrected chi connectivity index (χ4v) is 3.74. The maximum Gasteiger partial charge on any atom is 0.254 e. The van der Waals surface area contributed by atoms with Crippen molar-refractivity contribution in [1.29, 1.82) is 0 Å². The molecule has 0 N–H and O–H groups in total. The second kappa shape index (κ2) is 5.71. The van der Waals surface area contributed by atoms with Gasteiger partial charge >= 0.3 is 0 Å². The topological polar surface area (TPSA) is 33.2 Å². The van der Waals surface area contributed by atoms with Crippen LogP contribution in [0.2, 0.25) is 0 Å². The summed E-state index contributed by atoms with van der Waals surface area (Å²) in [5.41, 5.74) is 4.99. The second-order valence-corrected chi connectivity index (χ2v) is 6.49. The first-order valence-electron chi connectivity index (χ1n) is 8.21. The number of benzene rings is 1. The zero-order chi connectivity index (χ0) is 15.9. The van der Waals surface area contributed by atoms with Gasteiger partial charge in [0.25, 0.3) is 5.91 Å². The van der Waals surface area contributed by atoms with Crippen molar-refractivity contribution >= 4 is 16.8 Å². The van der Waals surface area contributed by atoms with Crippen molar-refractivity contribution in [2.45, 2.75) is 53.0 Å². The maximum atomic E-state index is 13.1. The Morgan fingerprint density at radius 2 is 2.05 bits per heavy atom. The zero-order valence-electron chi connectivity index (χ0n) is 13.9. The van der Waals surface area contributed by atoms with Gasteiger partial charge in [-0.25, -0.2) is 0 Å². The fourth-order valence-electron chi connectivity index (χ4n) is 3.74. The van der Waals surface area contributed by atoms with Gasteiger partial charge in [0.1, 0.15) is 0 Å². The standard InChI is InChI=1S/C19H24N2O/c1-5-15-7-6-8-21(15)19(22)16-11-14(4)20-17-10-12(2)9-13(3)18(16)17/h9-11,15H,5-8H2,1-4H3. The van der Waals surface area contributed by atoms with Crippen LogP contribution in [-0.2, 0) is 0 Å². The van der Waals surface area contributed by atoms with Crippen molar-refractivity contribution in [2.24, 2.45) is 0 Å². The molecule has 1 unspecified atom stereocenters. The molecule has 1 fully saturated rings. The van der Waals surface area contributed by atoms with E-state index in [1.54, 1.807) is 0 Å². The van der Waals surface area contributed by atoms with Gasteiger partial charge in [0.15, 0.2) is 0 Å². The lowest BCUT2D eigenvalue weighted by molar-refractivity contribution is 0.0735. The second-order valence-electron chi connectivity index (χ2n) is 6.49. The van der Waals surface area contributed by atoms with Crippen molar-refractivity contribution in [1.82, 2.24) is 9.88 Å². The summed E-state index contributed by atoms with van der Waals surface area (Å²) in [5.74, 6) is 0.173. The van der Waals surface area contributed by atoms with E-state index in [9.17, 15) is 4.79 Å². The number of aromatic nitrogens is 1. The van der Waals surface area contributed by atoms with Gasteiger partial charge in [-0.15, -0.1) is 0 Å². The van der Waals surface area contributed by atoms with Gasteiger partial charge in [-0.05, 0) is 63.3 Å². The zero-order valence-corrected chi connectivity index (χ0v) is 13.9. The molecular formula is C19H24N2O. The molecule has 3 heteroatoms. The lowest BCUT2D eigenvalue weighted by Gasteiger charge is -2.25. The number of amides is 1. The maximum absolute atomic E-state index is 13.1. The minimum atomic E-state index is 0.173. The molecule has 116 valence electrons. The molecule has 0 saturated carbocycles. The molecule has 2 aromatic rings. The van der Waals surface area contributed by atoms with Crippen molar-refractivity contribution in [3.05, 3.63) is 40.6 Å². The van der Waals surface area contributed by atoms with Crippen LogP contribution in [0.15, 0.2) is 18.2 Å². The molecule has 2 heterocycles. The Balaban J connectivity index is 2.16. The fraction of sp³-hybridized carbons (Fsp3) is 0.474. The summed E-state index contributed by atoms with van der Waals surface area (Å²) >= 11 is 0. The number of carbonyl (C=O) groups excluding carboxylic acids is 1. The molecule has 1 atom stereocenters. The first-order valence-corrected chi connectivity index (χ1v) is 8.21. The number of hydrogen-bond acceptors (Lipinski definition) is 2. The smallest absolute Gasteiger partial charge is 0.254 e. The van der Waals surface area contributed by atoms with E-state index in [4.69, 9.17) is 0 Å². The molecule has 1 aliphatic rings. The van der Waals surface area contributed by atoms with Crippen LogP contribution in [0.4, 0.5) is 0 Å². The SMILES string of the molecule is CCC1CCCN1C(=O)c1cc(C)nc2cc(C)cc(C)c12.